The Kier molecular flexibility index (Phi) is 5.97. The fourth-order valence-electron chi connectivity index (χ4n) is 3.82. The van der Waals surface area contributed by atoms with E-state index in [0.29, 0.717) is 0 Å². The molecule has 1 N–H and O–H groups in total. The summed E-state index contributed by atoms with van der Waals surface area (Å²) in [5.74, 6) is 0. The summed E-state index contributed by atoms with van der Waals surface area (Å²) < 4.78 is 0. The van der Waals surface area contributed by atoms with Crippen LogP contribution in [0.5, 0.6) is 0 Å². The topological polar surface area (TPSA) is 24.4 Å². The summed E-state index contributed by atoms with van der Waals surface area (Å²) in [6.45, 7) is 10.4. The van der Waals surface area contributed by atoms with E-state index in [0.717, 1.165) is 18.7 Å². The molecule has 26 heavy (non-hydrogen) atoms. The molecule has 0 atom stereocenters. The third kappa shape index (κ3) is 3.93. The van der Waals surface area contributed by atoms with Gasteiger partial charge in [0.25, 0.3) is 0 Å². The van der Waals surface area contributed by atoms with Crippen LogP contribution in [0, 0.1) is 0 Å². The molecule has 2 aromatic carbocycles. The molecule has 0 amide bonds. The van der Waals surface area contributed by atoms with Crippen LogP contribution in [-0.4, -0.2) is 14.6 Å². The summed E-state index contributed by atoms with van der Waals surface area (Å²) in [7, 11) is -1.74. The standard InChI is InChI=1S/C23H32N2Si/c1-5-7-8-9-15-24-19-12-14-21-23(17-19)26(3,4)22-16-18(10-6-2)11-13-20(22)25-21/h10-14,16-17,24H,5-9,15H2,1-4H3/b18-10+. The van der Waals surface area contributed by atoms with Crippen LogP contribution in [0.4, 0.5) is 11.4 Å². The zero-order valence-corrected chi connectivity index (χ0v) is 17.7. The molecular weight excluding hydrogens is 332 g/mol. The van der Waals surface area contributed by atoms with Crippen molar-refractivity contribution in [3.05, 3.63) is 47.0 Å². The normalized spacial score (nSPS) is 15.2. The van der Waals surface area contributed by atoms with E-state index in [1.165, 1.54) is 52.3 Å². The van der Waals surface area contributed by atoms with Gasteiger partial charge >= 0.3 is 0 Å². The quantitative estimate of drug-likeness (QED) is 0.584. The van der Waals surface area contributed by atoms with Gasteiger partial charge in [-0.1, -0.05) is 64.4 Å². The number of anilines is 1. The lowest BCUT2D eigenvalue weighted by Gasteiger charge is -2.29. The molecule has 1 heterocycles. The van der Waals surface area contributed by atoms with Crippen molar-refractivity contribution in [2.75, 3.05) is 11.9 Å². The van der Waals surface area contributed by atoms with Gasteiger partial charge in [0.05, 0.1) is 11.0 Å². The largest absolute Gasteiger partial charge is 0.385 e. The van der Waals surface area contributed by atoms with Gasteiger partial charge in [-0.15, -0.1) is 0 Å². The van der Waals surface area contributed by atoms with Gasteiger partial charge in [0.15, 0.2) is 0 Å². The number of hydrogen-bond acceptors (Lipinski definition) is 2. The molecule has 0 unspecified atom stereocenters. The molecule has 0 radical (unpaired) electrons. The minimum Gasteiger partial charge on any atom is -0.385 e. The van der Waals surface area contributed by atoms with Crippen LogP contribution in [0.15, 0.2) is 41.4 Å². The summed E-state index contributed by atoms with van der Waals surface area (Å²) in [5, 5.41) is 9.04. The number of fused-ring (bicyclic) bond motifs is 2. The number of hydrogen-bond donors (Lipinski definition) is 1. The zero-order valence-electron chi connectivity index (χ0n) is 16.7. The first kappa shape index (κ1) is 18.9. The summed E-state index contributed by atoms with van der Waals surface area (Å²) in [6, 6.07) is 13.5. The van der Waals surface area contributed by atoms with E-state index in [4.69, 9.17) is 4.99 Å². The number of nitrogens with one attached hydrogen (secondary N) is 1. The van der Waals surface area contributed by atoms with E-state index in [-0.39, 0.29) is 0 Å². The van der Waals surface area contributed by atoms with Gasteiger partial charge < -0.3 is 5.32 Å². The van der Waals surface area contributed by atoms with E-state index < -0.39 is 8.07 Å². The predicted octanol–water partition coefficient (Wildman–Crippen LogP) is 3.96. The van der Waals surface area contributed by atoms with Crippen molar-refractivity contribution in [2.45, 2.75) is 59.0 Å². The fraction of sp³-hybridized carbons (Fsp3) is 0.435. The number of benzene rings is 2. The van der Waals surface area contributed by atoms with Gasteiger partial charge in [-0.3, -0.25) is 0 Å². The number of nitrogens with zero attached hydrogens (tertiary/aromatic N) is 1. The number of unbranched alkanes of at least 4 members (excludes halogenated alkanes) is 3. The molecule has 1 aliphatic rings. The zero-order chi connectivity index (χ0) is 18.6. The third-order valence-corrected chi connectivity index (χ3v) is 8.90. The van der Waals surface area contributed by atoms with E-state index in [2.05, 4.69) is 74.7 Å². The predicted molar refractivity (Wildman–Crippen MR) is 117 cm³/mol. The van der Waals surface area contributed by atoms with Crippen molar-refractivity contribution >= 4 is 35.9 Å². The SMILES string of the molecule is CC/C=c1\ccc2c(c1)[Si](C)(C)c1cc(NCCCCCC)ccc1N=2. The maximum atomic E-state index is 4.96. The highest BCUT2D eigenvalue weighted by Crippen LogP contribution is 2.21. The van der Waals surface area contributed by atoms with Gasteiger partial charge in [-0.2, -0.15) is 0 Å². The molecule has 2 nitrogen and oxygen atoms in total. The molecule has 0 aromatic heterocycles. The highest BCUT2D eigenvalue weighted by atomic mass is 28.3. The Morgan fingerprint density at radius 1 is 0.962 bits per heavy atom. The minimum absolute atomic E-state index is 1.06. The molecule has 2 aromatic rings. The molecule has 0 fully saturated rings. The van der Waals surface area contributed by atoms with E-state index in [9.17, 15) is 0 Å². The highest BCUT2D eigenvalue weighted by Gasteiger charge is 2.32. The van der Waals surface area contributed by atoms with Crippen LogP contribution >= 0.6 is 0 Å². The molecule has 1 aliphatic heterocycles. The van der Waals surface area contributed by atoms with E-state index >= 15 is 0 Å². The van der Waals surface area contributed by atoms with Gasteiger partial charge in [0, 0.05) is 12.2 Å². The van der Waals surface area contributed by atoms with Crippen molar-refractivity contribution in [1.29, 1.82) is 0 Å². The van der Waals surface area contributed by atoms with Gasteiger partial charge in [0.2, 0.25) is 0 Å². The van der Waals surface area contributed by atoms with Crippen molar-refractivity contribution in [3.8, 4) is 0 Å². The molecule has 138 valence electrons. The monoisotopic (exact) mass is 364 g/mol. The van der Waals surface area contributed by atoms with Crippen molar-refractivity contribution in [3.63, 3.8) is 0 Å². The maximum absolute atomic E-state index is 4.96. The highest BCUT2D eigenvalue weighted by molar-refractivity contribution is 7.01. The Bertz CT molecular complexity index is 884. The van der Waals surface area contributed by atoms with Gasteiger partial charge in [-0.05, 0) is 52.7 Å². The average molecular weight is 365 g/mol. The molecule has 0 spiro atoms. The molecule has 0 aliphatic carbocycles. The summed E-state index contributed by atoms with van der Waals surface area (Å²) in [6.07, 6.45) is 8.55. The Balaban J connectivity index is 1.90. The molecule has 0 saturated carbocycles. The minimum atomic E-state index is -1.74. The van der Waals surface area contributed by atoms with Crippen LogP contribution in [0.25, 0.3) is 6.08 Å². The molecular formula is C23H32N2Si. The van der Waals surface area contributed by atoms with E-state index in [1.54, 1.807) is 0 Å². The fourth-order valence-corrected chi connectivity index (χ4v) is 6.71. The van der Waals surface area contributed by atoms with Crippen LogP contribution in [0.2, 0.25) is 13.1 Å². The average Bonchev–Trinajstić information content (AvgIpc) is 2.63. The lowest BCUT2D eigenvalue weighted by molar-refractivity contribution is 0.685. The van der Waals surface area contributed by atoms with Crippen LogP contribution in [0.3, 0.4) is 0 Å². The molecule has 0 bridgehead atoms. The molecule has 0 saturated heterocycles. The first-order valence-corrected chi connectivity index (χ1v) is 13.1. The summed E-state index contributed by atoms with van der Waals surface area (Å²) in [4.78, 5) is 4.96. The van der Waals surface area contributed by atoms with E-state index in [1.807, 2.05) is 0 Å². The first-order valence-electron chi connectivity index (χ1n) is 10.1. The Hall–Kier alpha value is -1.87. The van der Waals surface area contributed by atoms with Gasteiger partial charge in [0.1, 0.15) is 8.07 Å². The van der Waals surface area contributed by atoms with Gasteiger partial charge in [-0.25, -0.2) is 4.99 Å². The Labute approximate surface area is 159 Å². The van der Waals surface area contributed by atoms with Crippen molar-refractivity contribution in [1.82, 2.24) is 0 Å². The second-order valence-electron chi connectivity index (χ2n) is 7.85. The third-order valence-electron chi connectivity index (χ3n) is 5.40. The lowest BCUT2D eigenvalue weighted by Crippen LogP contribution is -2.61. The van der Waals surface area contributed by atoms with Crippen molar-refractivity contribution < 1.29 is 0 Å². The first-order chi connectivity index (χ1) is 12.6. The van der Waals surface area contributed by atoms with Crippen LogP contribution in [0.1, 0.15) is 46.0 Å². The Morgan fingerprint density at radius 3 is 2.58 bits per heavy atom. The van der Waals surface area contributed by atoms with Crippen molar-refractivity contribution in [2.24, 2.45) is 4.99 Å². The second-order valence-corrected chi connectivity index (χ2v) is 12.2. The molecule has 3 heteroatoms. The van der Waals surface area contributed by atoms with Crippen LogP contribution in [-0.2, 0) is 0 Å². The van der Waals surface area contributed by atoms with Crippen LogP contribution < -0.4 is 26.3 Å². The molecule has 3 rings (SSSR count). The Morgan fingerprint density at radius 2 is 1.81 bits per heavy atom. The summed E-state index contributed by atoms with van der Waals surface area (Å²) in [5.41, 5.74) is 2.41. The lowest BCUT2D eigenvalue weighted by atomic mass is 10.2. The maximum Gasteiger partial charge on any atom is 0.117 e. The number of rotatable bonds is 7. The smallest absolute Gasteiger partial charge is 0.117 e. The second kappa shape index (κ2) is 8.21. The summed E-state index contributed by atoms with van der Waals surface area (Å²) >= 11 is 0.